The second-order valence-corrected chi connectivity index (χ2v) is 4.63. The maximum atomic E-state index is 13.7. The van der Waals surface area contributed by atoms with E-state index in [1.165, 1.54) is 18.2 Å². The van der Waals surface area contributed by atoms with E-state index >= 15 is 0 Å². The van der Waals surface area contributed by atoms with Crippen LogP contribution in [0.25, 0.3) is 0 Å². The number of amides is 1. The van der Waals surface area contributed by atoms with E-state index in [1.807, 2.05) is 0 Å². The minimum absolute atomic E-state index is 0.133. The summed E-state index contributed by atoms with van der Waals surface area (Å²) >= 11 is 0. The van der Waals surface area contributed by atoms with Crippen LogP contribution in [0.4, 0.5) is 18.9 Å². The fourth-order valence-corrected chi connectivity index (χ4v) is 2.31. The molecule has 21 heavy (non-hydrogen) atoms. The predicted octanol–water partition coefficient (Wildman–Crippen LogP) is 2.83. The normalized spacial score (nSPS) is 13.8. The number of hydrogen-bond acceptors (Lipinski definition) is 2. The Kier molecular flexibility index (Phi) is 3.01. The smallest absolute Gasteiger partial charge is 0.299 e. The molecule has 0 saturated carbocycles. The summed E-state index contributed by atoms with van der Waals surface area (Å²) in [6, 6.07) is 6.88. The zero-order chi connectivity index (χ0) is 15.1. The summed E-state index contributed by atoms with van der Waals surface area (Å²) in [4.78, 5) is 24.6. The molecule has 1 aliphatic heterocycles. The van der Waals surface area contributed by atoms with Crippen LogP contribution in [0.5, 0.6) is 0 Å². The third kappa shape index (κ3) is 2.18. The van der Waals surface area contributed by atoms with Crippen LogP contribution in [-0.4, -0.2) is 11.7 Å². The molecule has 1 amide bonds. The van der Waals surface area contributed by atoms with Gasteiger partial charge in [0, 0.05) is 6.07 Å². The number of Topliss-reactive ketones (excluding diaryl/α,β-unsaturated/α-hetero) is 1. The molecule has 0 radical (unpaired) electrons. The maximum Gasteiger partial charge on any atom is 0.299 e. The lowest BCUT2D eigenvalue weighted by atomic mass is 10.1. The molecule has 0 atom stereocenters. The van der Waals surface area contributed by atoms with Crippen molar-refractivity contribution in [1.29, 1.82) is 0 Å². The highest BCUT2D eigenvalue weighted by Gasteiger charge is 2.38. The predicted molar refractivity (Wildman–Crippen MR) is 68.3 cm³/mol. The molecule has 0 aliphatic carbocycles. The first kappa shape index (κ1) is 13.4. The molecule has 0 aromatic heterocycles. The van der Waals surface area contributed by atoms with Crippen LogP contribution in [0.1, 0.15) is 15.9 Å². The van der Waals surface area contributed by atoms with Gasteiger partial charge in [-0.2, -0.15) is 0 Å². The first-order chi connectivity index (χ1) is 9.97. The Labute approximate surface area is 117 Å². The Morgan fingerprint density at radius 1 is 0.952 bits per heavy atom. The minimum atomic E-state index is -1.08. The summed E-state index contributed by atoms with van der Waals surface area (Å²) in [7, 11) is 0. The molecule has 0 fully saturated rings. The van der Waals surface area contributed by atoms with Gasteiger partial charge in [0.25, 0.3) is 11.7 Å². The SMILES string of the molecule is O=C1C(=O)N(Cc2cccc(F)c2)c2cc(F)cc(F)c21. The van der Waals surface area contributed by atoms with Crippen molar-refractivity contribution in [2.75, 3.05) is 4.90 Å². The molecule has 0 saturated heterocycles. The lowest BCUT2D eigenvalue weighted by Gasteiger charge is -2.16. The van der Waals surface area contributed by atoms with E-state index in [1.54, 1.807) is 6.07 Å². The van der Waals surface area contributed by atoms with Gasteiger partial charge in [0.1, 0.15) is 17.5 Å². The van der Waals surface area contributed by atoms with Crippen LogP contribution >= 0.6 is 0 Å². The Balaban J connectivity index is 2.05. The second-order valence-electron chi connectivity index (χ2n) is 4.63. The number of anilines is 1. The molecule has 106 valence electrons. The molecule has 3 rings (SSSR count). The molecular formula is C15H8F3NO2. The Hall–Kier alpha value is -2.63. The van der Waals surface area contributed by atoms with Crippen molar-refractivity contribution in [3.63, 3.8) is 0 Å². The third-order valence-corrected chi connectivity index (χ3v) is 3.22. The Morgan fingerprint density at radius 2 is 1.71 bits per heavy atom. The standard InChI is InChI=1S/C15H8F3NO2/c16-9-3-1-2-8(4-9)7-19-12-6-10(17)5-11(18)13(12)14(20)15(19)21/h1-6H,7H2. The number of ketones is 1. The van der Waals surface area contributed by atoms with Crippen LogP contribution < -0.4 is 4.90 Å². The number of fused-ring (bicyclic) bond motifs is 1. The summed E-state index contributed by atoms with van der Waals surface area (Å²) in [5, 5.41) is 0. The average molecular weight is 291 g/mol. The quantitative estimate of drug-likeness (QED) is 0.798. The van der Waals surface area contributed by atoms with Crippen LogP contribution in [0.2, 0.25) is 0 Å². The first-order valence-electron chi connectivity index (χ1n) is 6.07. The monoisotopic (exact) mass is 291 g/mol. The summed E-state index contributed by atoms with van der Waals surface area (Å²) in [5.74, 6) is -4.46. The molecule has 0 spiro atoms. The number of rotatable bonds is 2. The van der Waals surface area contributed by atoms with Gasteiger partial charge in [-0.15, -0.1) is 0 Å². The van der Waals surface area contributed by atoms with E-state index in [-0.39, 0.29) is 12.2 Å². The van der Waals surface area contributed by atoms with E-state index < -0.39 is 34.7 Å². The topological polar surface area (TPSA) is 37.4 Å². The summed E-state index contributed by atoms with van der Waals surface area (Å²) < 4.78 is 40.1. The lowest BCUT2D eigenvalue weighted by Crippen LogP contribution is -2.29. The number of halogens is 3. The van der Waals surface area contributed by atoms with Gasteiger partial charge in [-0.1, -0.05) is 12.1 Å². The van der Waals surface area contributed by atoms with Crippen LogP contribution in [0.15, 0.2) is 36.4 Å². The molecule has 0 unspecified atom stereocenters. The minimum Gasteiger partial charge on any atom is -0.300 e. The fraction of sp³-hybridized carbons (Fsp3) is 0.0667. The number of nitrogens with zero attached hydrogens (tertiary/aromatic N) is 1. The van der Waals surface area contributed by atoms with Gasteiger partial charge in [-0.3, -0.25) is 9.59 Å². The van der Waals surface area contributed by atoms with Gasteiger partial charge in [0.15, 0.2) is 0 Å². The van der Waals surface area contributed by atoms with Gasteiger partial charge in [0.2, 0.25) is 0 Å². The van der Waals surface area contributed by atoms with Crippen molar-refractivity contribution < 1.29 is 22.8 Å². The van der Waals surface area contributed by atoms with Gasteiger partial charge in [-0.05, 0) is 23.8 Å². The lowest BCUT2D eigenvalue weighted by molar-refractivity contribution is -0.114. The molecule has 1 aliphatic rings. The summed E-state index contributed by atoms with van der Waals surface area (Å²) in [6.45, 7) is -0.141. The van der Waals surface area contributed by atoms with Crippen molar-refractivity contribution in [2.24, 2.45) is 0 Å². The summed E-state index contributed by atoms with van der Waals surface area (Å²) in [5.41, 5.74) is -0.168. The van der Waals surface area contributed by atoms with Crippen LogP contribution in [-0.2, 0) is 11.3 Å². The number of carbonyl (C=O) groups is 2. The van der Waals surface area contributed by atoms with Crippen molar-refractivity contribution in [3.05, 3.63) is 65.0 Å². The van der Waals surface area contributed by atoms with Gasteiger partial charge in [-0.25, -0.2) is 13.2 Å². The number of hydrogen-bond donors (Lipinski definition) is 0. The van der Waals surface area contributed by atoms with Gasteiger partial charge in [0.05, 0.1) is 17.8 Å². The fourth-order valence-electron chi connectivity index (χ4n) is 2.31. The summed E-state index contributed by atoms with van der Waals surface area (Å²) in [6.07, 6.45) is 0. The Morgan fingerprint density at radius 3 is 2.43 bits per heavy atom. The number of carbonyl (C=O) groups excluding carboxylic acids is 2. The van der Waals surface area contributed by atoms with Crippen molar-refractivity contribution in [3.8, 4) is 0 Å². The molecule has 6 heteroatoms. The van der Waals surface area contributed by atoms with E-state index in [9.17, 15) is 22.8 Å². The van der Waals surface area contributed by atoms with Crippen LogP contribution in [0.3, 0.4) is 0 Å². The molecule has 3 nitrogen and oxygen atoms in total. The van der Waals surface area contributed by atoms with E-state index in [2.05, 4.69) is 0 Å². The first-order valence-corrected chi connectivity index (χ1v) is 6.07. The van der Waals surface area contributed by atoms with Gasteiger partial charge < -0.3 is 4.90 Å². The van der Waals surface area contributed by atoms with Crippen molar-refractivity contribution >= 4 is 17.4 Å². The van der Waals surface area contributed by atoms with E-state index in [0.717, 1.165) is 11.0 Å². The zero-order valence-corrected chi connectivity index (χ0v) is 10.6. The highest BCUT2D eigenvalue weighted by Crippen LogP contribution is 2.33. The van der Waals surface area contributed by atoms with E-state index in [0.29, 0.717) is 11.6 Å². The van der Waals surface area contributed by atoms with E-state index in [4.69, 9.17) is 0 Å². The third-order valence-electron chi connectivity index (χ3n) is 3.22. The van der Waals surface area contributed by atoms with Crippen LogP contribution in [0, 0.1) is 17.5 Å². The Bertz CT molecular complexity index is 774. The number of benzene rings is 2. The molecule has 2 aromatic rings. The maximum absolute atomic E-state index is 13.7. The molecule has 1 heterocycles. The largest absolute Gasteiger partial charge is 0.300 e. The molecule has 0 N–H and O–H groups in total. The average Bonchev–Trinajstić information content (AvgIpc) is 2.64. The van der Waals surface area contributed by atoms with Crippen molar-refractivity contribution in [2.45, 2.75) is 6.54 Å². The molecular weight excluding hydrogens is 283 g/mol. The highest BCUT2D eigenvalue weighted by molar-refractivity contribution is 6.52. The second kappa shape index (κ2) is 4.73. The zero-order valence-electron chi connectivity index (χ0n) is 10.6. The van der Waals surface area contributed by atoms with Crippen molar-refractivity contribution in [1.82, 2.24) is 0 Å². The molecule has 2 aromatic carbocycles. The highest BCUT2D eigenvalue weighted by atomic mass is 19.1. The molecule has 0 bridgehead atoms. The van der Waals surface area contributed by atoms with Gasteiger partial charge >= 0.3 is 0 Å².